The van der Waals surface area contributed by atoms with Gasteiger partial charge < -0.3 is 15.7 Å². The normalized spacial score (nSPS) is 12.7. The largest absolute Gasteiger partial charge is 0.508 e. The molecule has 0 radical (unpaired) electrons. The smallest absolute Gasteiger partial charge is 0.135 e. The molecular weight excluding hydrogens is 300 g/mol. The summed E-state index contributed by atoms with van der Waals surface area (Å²) in [5, 5.41) is 16.0. The molecule has 0 saturated heterocycles. The SMILES string of the molecule is Oc1cccc(Nc2cc(Nc3ccc4c(c3)CCC4)ncn2)c1. The number of anilines is 4. The molecule has 4 rings (SSSR count). The van der Waals surface area contributed by atoms with Crippen LogP contribution in [0.15, 0.2) is 54.9 Å². The van der Waals surface area contributed by atoms with Gasteiger partial charge in [0.2, 0.25) is 0 Å². The van der Waals surface area contributed by atoms with E-state index in [2.05, 4.69) is 38.8 Å². The first-order valence-electron chi connectivity index (χ1n) is 8.03. The molecule has 5 nitrogen and oxygen atoms in total. The first kappa shape index (κ1) is 14.5. The summed E-state index contributed by atoms with van der Waals surface area (Å²) in [7, 11) is 0. The van der Waals surface area contributed by atoms with Gasteiger partial charge in [-0.05, 0) is 54.7 Å². The molecule has 1 aliphatic rings. The van der Waals surface area contributed by atoms with Crippen molar-refractivity contribution in [1.82, 2.24) is 9.97 Å². The van der Waals surface area contributed by atoms with Crippen LogP contribution in [0.5, 0.6) is 5.75 Å². The van der Waals surface area contributed by atoms with Gasteiger partial charge in [0.1, 0.15) is 23.7 Å². The summed E-state index contributed by atoms with van der Waals surface area (Å²) in [4.78, 5) is 8.50. The Morgan fingerprint density at radius 1 is 0.792 bits per heavy atom. The fourth-order valence-corrected chi connectivity index (χ4v) is 3.02. The molecule has 3 aromatic rings. The van der Waals surface area contributed by atoms with Gasteiger partial charge in [-0.2, -0.15) is 0 Å². The molecule has 0 saturated carbocycles. The van der Waals surface area contributed by atoms with Crippen LogP contribution in [0.3, 0.4) is 0 Å². The second kappa shape index (κ2) is 6.20. The molecule has 24 heavy (non-hydrogen) atoms. The van der Waals surface area contributed by atoms with Gasteiger partial charge in [-0.3, -0.25) is 0 Å². The molecular formula is C19H18N4O. The van der Waals surface area contributed by atoms with Gasteiger partial charge in [-0.15, -0.1) is 0 Å². The van der Waals surface area contributed by atoms with E-state index in [1.165, 1.54) is 30.3 Å². The highest BCUT2D eigenvalue weighted by Gasteiger charge is 2.11. The van der Waals surface area contributed by atoms with Crippen LogP contribution in [0, 0.1) is 0 Å². The van der Waals surface area contributed by atoms with Crippen molar-refractivity contribution in [2.24, 2.45) is 0 Å². The molecule has 5 heteroatoms. The molecule has 2 aromatic carbocycles. The minimum Gasteiger partial charge on any atom is -0.508 e. The summed E-state index contributed by atoms with van der Waals surface area (Å²) < 4.78 is 0. The minimum absolute atomic E-state index is 0.213. The summed E-state index contributed by atoms with van der Waals surface area (Å²) in [5.41, 5.74) is 4.69. The average molecular weight is 318 g/mol. The zero-order valence-electron chi connectivity index (χ0n) is 13.2. The predicted octanol–water partition coefficient (Wildman–Crippen LogP) is 4.16. The lowest BCUT2D eigenvalue weighted by Crippen LogP contribution is -1.99. The number of nitrogens with one attached hydrogen (secondary N) is 2. The molecule has 120 valence electrons. The minimum atomic E-state index is 0.213. The number of aromatic nitrogens is 2. The number of aryl methyl sites for hydroxylation is 2. The van der Waals surface area contributed by atoms with Crippen LogP contribution in [-0.2, 0) is 12.8 Å². The van der Waals surface area contributed by atoms with Crippen molar-refractivity contribution in [3.63, 3.8) is 0 Å². The first-order valence-corrected chi connectivity index (χ1v) is 8.03. The van der Waals surface area contributed by atoms with E-state index in [-0.39, 0.29) is 5.75 Å². The average Bonchev–Trinajstić information content (AvgIpc) is 3.03. The molecule has 0 fully saturated rings. The summed E-state index contributed by atoms with van der Waals surface area (Å²) in [6, 6.07) is 15.3. The number of fused-ring (bicyclic) bond motifs is 1. The Kier molecular flexibility index (Phi) is 3.75. The fourth-order valence-electron chi connectivity index (χ4n) is 3.02. The van der Waals surface area contributed by atoms with Gasteiger partial charge in [-0.1, -0.05) is 12.1 Å². The van der Waals surface area contributed by atoms with E-state index in [1.54, 1.807) is 18.2 Å². The standard InChI is InChI=1S/C19H18N4O/c24-17-6-2-5-15(10-17)22-18-11-19(21-12-20-18)23-16-8-7-13-3-1-4-14(13)9-16/h2,5-12,24H,1,3-4H2,(H2,20,21,22,23). The van der Waals surface area contributed by atoms with Gasteiger partial charge in [-0.25, -0.2) is 9.97 Å². The van der Waals surface area contributed by atoms with Crippen LogP contribution in [0.4, 0.5) is 23.0 Å². The van der Waals surface area contributed by atoms with Crippen molar-refractivity contribution in [2.75, 3.05) is 10.6 Å². The summed E-state index contributed by atoms with van der Waals surface area (Å²) in [6.07, 6.45) is 5.09. The number of rotatable bonds is 4. The van der Waals surface area contributed by atoms with E-state index >= 15 is 0 Å². The van der Waals surface area contributed by atoms with E-state index in [9.17, 15) is 5.11 Å². The topological polar surface area (TPSA) is 70.1 Å². The van der Waals surface area contributed by atoms with Crippen LogP contribution < -0.4 is 10.6 Å². The number of nitrogens with zero attached hydrogens (tertiary/aromatic N) is 2. The summed E-state index contributed by atoms with van der Waals surface area (Å²) in [6.45, 7) is 0. The van der Waals surface area contributed by atoms with Crippen molar-refractivity contribution >= 4 is 23.0 Å². The van der Waals surface area contributed by atoms with Gasteiger partial charge in [0.05, 0.1) is 0 Å². The van der Waals surface area contributed by atoms with Gasteiger partial charge >= 0.3 is 0 Å². The Labute approximate surface area is 140 Å². The lowest BCUT2D eigenvalue weighted by molar-refractivity contribution is 0.475. The monoisotopic (exact) mass is 318 g/mol. The van der Waals surface area contributed by atoms with Crippen molar-refractivity contribution in [1.29, 1.82) is 0 Å². The first-order chi connectivity index (χ1) is 11.8. The van der Waals surface area contributed by atoms with Crippen molar-refractivity contribution in [2.45, 2.75) is 19.3 Å². The third-order valence-corrected chi connectivity index (χ3v) is 4.16. The highest BCUT2D eigenvalue weighted by atomic mass is 16.3. The van der Waals surface area contributed by atoms with Gasteiger partial charge in [0, 0.05) is 23.5 Å². The number of benzene rings is 2. The zero-order valence-corrected chi connectivity index (χ0v) is 13.2. The maximum absolute atomic E-state index is 9.53. The molecule has 0 spiro atoms. The Morgan fingerprint density at radius 2 is 1.54 bits per heavy atom. The highest BCUT2D eigenvalue weighted by molar-refractivity contribution is 5.64. The molecule has 3 N–H and O–H groups in total. The highest BCUT2D eigenvalue weighted by Crippen LogP contribution is 2.27. The van der Waals surface area contributed by atoms with Crippen LogP contribution in [0.2, 0.25) is 0 Å². The summed E-state index contributed by atoms with van der Waals surface area (Å²) in [5.74, 6) is 1.61. The Morgan fingerprint density at radius 3 is 2.33 bits per heavy atom. The zero-order chi connectivity index (χ0) is 16.4. The predicted molar refractivity (Wildman–Crippen MR) is 95.2 cm³/mol. The van der Waals surface area contributed by atoms with Gasteiger partial charge in [0.15, 0.2) is 0 Å². The second-order valence-electron chi connectivity index (χ2n) is 5.93. The number of aromatic hydroxyl groups is 1. The van der Waals surface area contributed by atoms with Crippen LogP contribution >= 0.6 is 0 Å². The lowest BCUT2D eigenvalue weighted by atomic mass is 10.1. The molecule has 0 bridgehead atoms. The quantitative estimate of drug-likeness (QED) is 0.674. The number of phenolic OH excluding ortho intramolecular Hbond substituents is 1. The van der Waals surface area contributed by atoms with Crippen LogP contribution in [-0.4, -0.2) is 15.1 Å². The molecule has 1 aliphatic carbocycles. The van der Waals surface area contributed by atoms with E-state index in [0.717, 1.165) is 23.6 Å². The molecule has 1 heterocycles. The molecule has 0 aliphatic heterocycles. The molecule has 0 atom stereocenters. The third-order valence-electron chi connectivity index (χ3n) is 4.16. The van der Waals surface area contributed by atoms with Crippen molar-refractivity contribution in [3.8, 4) is 5.75 Å². The Bertz CT molecular complexity index is 879. The maximum atomic E-state index is 9.53. The van der Waals surface area contributed by atoms with Crippen LogP contribution in [0.1, 0.15) is 17.5 Å². The molecule has 0 unspecified atom stereocenters. The van der Waals surface area contributed by atoms with Gasteiger partial charge in [0.25, 0.3) is 0 Å². The third kappa shape index (κ3) is 3.15. The molecule has 1 aromatic heterocycles. The number of phenols is 1. The van der Waals surface area contributed by atoms with Crippen molar-refractivity contribution < 1.29 is 5.11 Å². The van der Waals surface area contributed by atoms with E-state index < -0.39 is 0 Å². The number of hydrogen-bond acceptors (Lipinski definition) is 5. The van der Waals surface area contributed by atoms with E-state index in [4.69, 9.17) is 0 Å². The van der Waals surface area contributed by atoms with E-state index in [1.807, 2.05) is 12.1 Å². The maximum Gasteiger partial charge on any atom is 0.135 e. The van der Waals surface area contributed by atoms with Crippen molar-refractivity contribution in [3.05, 3.63) is 66.0 Å². The Hall–Kier alpha value is -3.08. The Balaban J connectivity index is 1.52. The van der Waals surface area contributed by atoms with E-state index in [0.29, 0.717) is 5.82 Å². The fraction of sp³-hybridized carbons (Fsp3) is 0.158. The van der Waals surface area contributed by atoms with Crippen LogP contribution in [0.25, 0.3) is 0 Å². The number of hydrogen-bond donors (Lipinski definition) is 3. The molecule has 0 amide bonds. The second-order valence-corrected chi connectivity index (χ2v) is 5.93. The lowest BCUT2D eigenvalue weighted by Gasteiger charge is -2.10. The summed E-state index contributed by atoms with van der Waals surface area (Å²) >= 11 is 0.